The molecule has 0 spiro atoms. The fourth-order valence-corrected chi connectivity index (χ4v) is 2.19. The van der Waals surface area contributed by atoms with Crippen LogP contribution in [0.4, 0.5) is 0 Å². The number of benzene rings is 1. The van der Waals surface area contributed by atoms with Crippen molar-refractivity contribution in [2.75, 3.05) is 20.3 Å². The molecule has 0 aliphatic carbocycles. The van der Waals surface area contributed by atoms with Crippen molar-refractivity contribution in [1.29, 1.82) is 0 Å². The maximum Gasteiger partial charge on any atom is 0.125 e. The topological polar surface area (TPSA) is 18.5 Å². The second-order valence-corrected chi connectivity index (χ2v) is 4.80. The summed E-state index contributed by atoms with van der Waals surface area (Å²) in [7, 11) is 1.73. The predicted octanol–water partition coefficient (Wildman–Crippen LogP) is 4.00. The number of alkyl halides is 1. The quantitative estimate of drug-likeness (QED) is 0.560. The molecule has 17 heavy (non-hydrogen) atoms. The Hall–Kier alpha value is -0.540. The van der Waals surface area contributed by atoms with Crippen LogP contribution in [0.25, 0.3) is 0 Å². The van der Waals surface area contributed by atoms with Crippen molar-refractivity contribution >= 4 is 15.9 Å². The Bertz CT molecular complexity index is 327. The van der Waals surface area contributed by atoms with Crippen LogP contribution in [0.2, 0.25) is 0 Å². The van der Waals surface area contributed by atoms with Gasteiger partial charge in [0, 0.05) is 19.0 Å². The highest BCUT2D eigenvalue weighted by atomic mass is 79.9. The average Bonchev–Trinajstić information content (AvgIpc) is 2.31. The smallest absolute Gasteiger partial charge is 0.125 e. The standard InChI is InChI=1S/C14H21BrO2/c1-11-8-13(10-15)9-12(2)14(11)17-7-5-4-6-16-3/h8-9H,4-7,10H2,1-3H3. The van der Waals surface area contributed by atoms with Crippen molar-refractivity contribution in [3.8, 4) is 5.75 Å². The molecule has 0 radical (unpaired) electrons. The van der Waals surface area contributed by atoms with Crippen LogP contribution in [0, 0.1) is 13.8 Å². The van der Waals surface area contributed by atoms with Crippen LogP contribution in [0.5, 0.6) is 5.75 Å². The van der Waals surface area contributed by atoms with Crippen molar-refractivity contribution in [3.05, 3.63) is 28.8 Å². The third-order valence-electron chi connectivity index (χ3n) is 2.66. The molecular formula is C14H21BrO2. The molecule has 96 valence electrons. The van der Waals surface area contributed by atoms with E-state index in [0.29, 0.717) is 0 Å². The van der Waals surface area contributed by atoms with Gasteiger partial charge in [0.15, 0.2) is 0 Å². The lowest BCUT2D eigenvalue weighted by Gasteiger charge is -2.13. The first-order valence-electron chi connectivity index (χ1n) is 5.97. The van der Waals surface area contributed by atoms with Gasteiger partial charge in [-0.15, -0.1) is 0 Å². The maximum absolute atomic E-state index is 5.84. The molecule has 3 heteroatoms. The summed E-state index contributed by atoms with van der Waals surface area (Å²) in [6, 6.07) is 4.35. The van der Waals surface area contributed by atoms with E-state index in [-0.39, 0.29) is 0 Å². The third kappa shape index (κ3) is 4.68. The van der Waals surface area contributed by atoms with Gasteiger partial charge in [0.05, 0.1) is 6.61 Å². The highest BCUT2D eigenvalue weighted by molar-refractivity contribution is 9.08. The minimum atomic E-state index is 0.763. The number of halogens is 1. The zero-order valence-corrected chi connectivity index (χ0v) is 12.5. The van der Waals surface area contributed by atoms with E-state index in [2.05, 4.69) is 41.9 Å². The normalized spacial score (nSPS) is 10.6. The molecule has 0 atom stereocenters. The van der Waals surface area contributed by atoms with Crippen molar-refractivity contribution < 1.29 is 9.47 Å². The van der Waals surface area contributed by atoms with Crippen LogP contribution in [0.3, 0.4) is 0 Å². The van der Waals surface area contributed by atoms with Gasteiger partial charge in [-0.2, -0.15) is 0 Å². The second-order valence-electron chi connectivity index (χ2n) is 4.24. The second kappa shape index (κ2) is 7.72. The molecule has 0 heterocycles. The first kappa shape index (κ1) is 14.5. The Morgan fingerprint density at radius 2 is 1.65 bits per heavy atom. The van der Waals surface area contributed by atoms with E-state index < -0.39 is 0 Å². The Morgan fingerprint density at radius 3 is 2.18 bits per heavy atom. The summed E-state index contributed by atoms with van der Waals surface area (Å²) < 4.78 is 10.9. The van der Waals surface area contributed by atoms with Crippen LogP contribution in [0.15, 0.2) is 12.1 Å². The summed E-state index contributed by atoms with van der Waals surface area (Å²) in [4.78, 5) is 0. The zero-order valence-electron chi connectivity index (χ0n) is 10.9. The zero-order chi connectivity index (χ0) is 12.7. The van der Waals surface area contributed by atoms with Gasteiger partial charge in [0.2, 0.25) is 0 Å². The molecule has 1 rings (SSSR count). The van der Waals surface area contributed by atoms with Gasteiger partial charge in [0.25, 0.3) is 0 Å². The van der Waals surface area contributed by atoms with Crippen molar-refractivity contribution in [2.24, 2.45) is 0 Å². The minimum absolute atomic E-state index is 0.763. The lowest BCUT2D eigenvalue weighted by atomic mass is 10.1. The molecular weight excluding hydrogens is 280 g/mol. The van der Waals surface area contributed by atoms with Gasteiger partial charge in [0.1, 0.15) is 5.75 Å². The molecule has 0 aliphatic heterocycles. The van der Waals surface area contributed by atoms with Crippen LogP contribution in [-0.2, 0) is 10.1 Å². The predicted molar refractivity (Wildman–Crippen MR) is 75.2 cm³/mol. The first-order valence-corrected chi connectivity index (χ1v) is 7.09. The van der Waals surface area contributed by atoms with Crippen molar-refractivity contribution in [1.82, 2.24) is 0 Å². The first-order chi connectivity index (χ1) is 8.19. The number of rotatable bonds is 7. The molecule has 0 bridgehead atoms. The molecule has 0 aromatic heterocycles. The number of methoxy groups -OCH3 is 1. The Labute approximate surface area is 112 Å². The largest absolute Gasteiger partial charge is 0.493 e. The molecule has 1 aromatic carbocycles. The molecule has 1 aromatic rings. The lowest BCUT2D eigenvalue weighted by molar-refractivity contribution is 0.184. The van der Waals surface area contributed by atoms with Gasteiger partial charge in [-0.3, -0.25) is 0 Å². The number of ether oxygens (including phenoxy) is 2. The third-order valence-corrected chi connectivity index (χ3v) is 3.31. The van der Waals surface area contributed by atoms with E-state index in [1.807, 2.05) is 0 Å². The van der Waals surface area contributed by atoms with Crippen molar-refractivity contribution in [2.45, 2.75) is 32.0 Å². The summed E-state index contributed by atoms with van der Waals surface area (Å²) in [5.74, 6) is 1.03. The molecule has 0 saturated heterocycles. The average molecular weight is 301 g/mol. The summed E-state index contributed by atoms with van der Waals surface area (Å²) in [6.07, 6.45) is 2.08. The summed E-state index contributed by atoms with van der Waals surface area (Å²) in [5, 5.41) is 0.892. The van der Waals surface area contributed by atoms with Crippen LogP contribution in [0.1, 0.15) is 29.5 Å². The Balaban J connectivity index is 2.53. The fraction of sp³-hybridized carbons (Fsp3) is 0.571. The van der Waals surface area contributed by atoms with E-state index in [4.69, 9.17) is 9.47 Å². The molecule has 0 amide bonds. The van der Waals surface area contributed by atoms with Gasteiger partial charge in [-0.1, -0.05) is 28.1 Å². The Kier molecular flexibility index (Phi) is 6.60. The number of hydrogen-bond acceptors (Lipinski definition) is 2. The maximum atomic E-state index is 5.84. The summed E-state index contributed by atoms with van der Waals surface area (Å²) >= 11 is 3.48. The van der Waals surface area contributed by atoms with E-state index in [1.165, 1.54) is 16.7 Å². The molecule has 0 aliphatic rings. The molecule has 2 nitrogen and oxygen atoms in total. The van der Waals surface area contributed by atoms with E-state index in [1.54, 1.807) is 7.11 Å². The Morgan fingerprint density at radius 1 is 1.06 bits per heavy atom. The highest BCUT2D eigenvalue weighted by Crippen LogP contribution is 2.25. The van der Waals surface area contributed by atoms with Crippen LogP contribution in [-0.4, -0.2) is 20.3 Å². The highest BCUT2D eigenvalue weighted by Gasteiger charge is 2.05. The van der Waals surface area contributed by atoms with E-state index >= 15 is 0 Å². The molecule has 0 fully saturated rings. The van der Waals surface area contributed by atoms with Crippen LogP contribution < -0.4 is 4.74 Å². The van der Waals surface area contributed by atoms with Gasteiger partial charge in [-0.05, 0) is 43.4 Å². The summed E-state index contributed by atoms with van der Waals surface area (Å²) in [5.41, 5.74) is 3.73. The monoisotopic (exact) mass is 300 g/mol. The molecule has 0 N–H and O–H groups in total. The van der Waals surface area contributed by atoms with Crippen molar-refractivity contribution in [3.63, 3.8) is 0 Å². The SMILES string of the molecule is COCCCCOc1c(C)cc(CBr)cc1C. The van der Waals surface area contributed by atoms with Gasteiger partial charge >= 0.3 is 0 Å². The molecule has 0 unspecified atom stereocenters. The van der Waals surface area contributed by atoms with E-state index in [9.17, 15) is 0 Å². The number of aryl methyl sites for hydroxylation is 2. The van der Waals surface area contributed by atoms with Crippen LogP contribution >= 0.6 is 15.9 Å². The minimum Gasteiger partial charge on any atom is -0.493 e. The lowest BCUT2D eigenvalue weighted by Crippen LogP contribution is -2.02. The van der Waals surface area contributed by atoms with E-state index in [0.717, 1.165) is 37.1 Å². The molecule has 0 saturated carbocycles. The fourth-order valence-electron chi connectivity index (χ4n) is 1.87. The number of hydrogen-bond donors (Lipinski definition) is 0. The van der Waals surface area contributed by atoms with Gasteiger partial charge < -0.3 is 9.47 Å². The van der Waals surface area contributed by atoms with Gasteiger partial charge in [-0.25, -0.2) is 0 Å². The number of unbranched alkanes of at least 4 members (excludes halogenated alkanes) is 1. The summed E-state index contributed by atoms with van der Waals surface area (Å²) in [6.45, 7) is 5.77.